The van der Waals surface area contributed by atoms with E-state index in [0.717, 1.165) is 5.56 Å². The van der Waals surface area contributed by atoms with E-state index in [1.54, 1.807) is 6.92 Å². The second kappa shape index (κ2) is 7.10. The van der Waals surface area contributed by atoms with Gasteiger partial charge in [-0.15, -0.1) is 6.10 Å². The van der Waals surface area contributed by atoms with Crippen molar-refractivity contribution in [1.82, 2.24) is 0 Å². The second-order valence-electron chi connectivity index (χ2n) is 2.05. The van der Waals surface area contributed by atoms with Crippen LogP contribution in [0.5, 0.6) is 0 Å². The second-order valence-corrected chi connectivity index (χ2v) is 2.05. The Bertz CT molecular complexity index is 177. The topological polar surface area (TPSA) is 23.1 Å². The molecule has 1 atom stereocenters. The molecule has 0 aliphatic heterocycles. The molecule has 0 aliphatic carbocycles. The fourth-order valence-corrected chi connectivity index (χ4v) is 0.724. The minimum Gasteiger partial charge on any atom is -1.00 e. The van der Waals surface area contributed by atoms with Crippen LogP contribution >= 0.6 is 0 Å². The van der Waals surface area contributed by atoms with Crippen LogP contribution < -0.4 is 22.1 Å². The third kappa shape index (κ3) is 4.79. The molecular formula is C8H9BrMgO. The summed E-state index contributed by atoms with van der Waals surface area (Å²) in [5, 5.41) is 10.7. The molecule has 0 aromatic heterocycles. The Morgan fingerprint density at radius 3 is 1.91 bits per heavy atom. The van der Waals surface area contributed by atoms with Gasteiger partial charge in [0.15, 0.2) is 0 Å². The third-order valence-electron chi connectivity index (χ3n) is 1.27. The van der Waals surface area contributed by atoms with Gasteiger partial charge in [0.25, 0.3) is 0 Å². The molecule has 0 heterocycles. The maximum absolute atomic E-state index is 10.7. The first-order valence-electron chi connectivity index (χ1n) is 3.01. The Labute approximate surface area is 93.7 Å². The molecule has 0 saturated carbocycles. The van der Waals surface area contributed by atoms with Crippen molar-refractivity contribution in [2.75, 3.05) is 0 Å². The van der Waals surface area contributed by atoms with Crippen molar-refractivity contribution in [3.8, 4) is 0 Å². The van der Waals surface area contributed by atoms with E-state index in [2.05, 4.69) is 0 Å². The molecule has 0 saturated heterocycles. The maximum atomic E-state index is 10.7. The summed E-state index contributed by atoms with van der Waals surface area (Å²) in [6.07, 6.45) is -0.591. The molecule has 0 bridgehead atoms. The molecule has 0 fully saturated rings. The predicted molar refractivity (Wildman–Crippen MR) is 40.6 cm³/mol. The Morgan fingerprint density at radius 2 is 1.64 bits per heavy atom. The van der Waals surface area contributed by atoms with Crippen LogP contribution in [0.2, 0.25) is 0 Å². The molecule has 1 rings (SSSR count). The first-order valence-corrected chi connectivity index (χ1v) is 3.01. The van der Waals surface area contributed by atoms with Crippen molar-refractivity contribution < 1.29 is 22.1 Å². The maximum Gasteiger partial charge on any atom is 2.00 e. The molecular weight excluding hydrogens is 216 g/mol. The largest absolute Gasteiger partial charge is 2.00 e. The van der Waals surface area contributed by atoms with Gasteiger partial charge in [0, 0.05) is 0 Å². The Hall–Kier alpha value is 0.426. The Kier molecular flexibility index (Phi) is 9.02. The van der Waals surface area contributed by atoms with E-state index in [4.69, 9.17) is 0 Å². The standard InChI is InChI=1S/C8H9O.BrH.Mg/c1-7(9)8-5-3-2-4-6-8;;/h2-7H,1H3;1H;/q-1;;+2/p-1. The third-order valence-corrected chi connectivity index (χ3v) is 1.27. The number of rotatable bonds is 1. The molecule has 56 valence electrons. The van der Waals surface area contributed by atoms with E-state index in [1.807, 2.05) is 30.3 Å². The summed E-state index contributed by atoms with van der Waals surface area (Å²) in [5.74, 6) is 0. The van der Waals surface area contributed by atoms with Gasteiger partial charge in [0.05, 0.1) is 0 Å². The van der Waals surface area contributed by atoms with Crippen LogP contribution in [-0.2, 0) is 0 Å². The molecule has 0 N–H and O–H groups in total. The van der Waals surface area contributed by atoms with Gasteiger partial charge in [0.2, 0.25) is 0 Å². The summed E-state index contributed by atoms with van der Waals surface area (Å²) >= 11 is 0. The van der Waals surface area contributed by atoms with E-state index in [-0.39, 0.29) is 40.0 Å². The van der Waals surface area contributed by atoms with E-state index in [0.29, 0.717) is 0 Å². The van der Waals surface area contributed by atoms with Crippen molar-refractivity contribution in [2.45, 2.75) is 13.0 Å². The minimum atomic E-state index is -0.591. The smallest absolute Gasteiger partial charge is 1.00 e. The van der Waals surface area contributed by atoms with Crippen LogP contribution in [0.25, 0.3) is 0 Å². The SMILES string of the molecule is CC([O-])c1ccccc1.[Br-].[Mg+2]. The van der Waals surface area contributed by atoms with Crippen LogP contribution in [0.15, 0.2) is 30.3 Å². The molecule has 1 unspecified atom stereocenters. The van der Waals surface area contributed by atoms with Crippen LogP contribution in [0.1, 0.15) is 18.6 Å². The van der Waals surface area contributed by atoms with Gasteiger partial charge in [-0.05, 0) is 0 Å². The summed E-state index contributed by atoms with van der Waals surface area (Å²) in [4.78, 5) is 0. The van der Waals surface area contributed by atoms with Crippen LogP contribution in [-0.4, -0.2) is 23.1 Å². The van der Waals surface area contributed by atoms with Crippen molar-refractivity contribution in [3.05, 3.63) is 35.9 Å². The zero-order chi connectivity index (χ0) is 6.69. The predicted octanol–water partition coefficient (Wildman–Crippen LogP) is -2.27. The minimum absolute atomic E-state index is 0. The van der Waals surface area contributed by atoms with Crippen molar-refractivity contribution in [2.24, 2.45) is 0 Å². The monoisotopic (exact) mass is 224 g/mol. The fourth-order valence-electron chi connectivity index (χ4n) is 0.724. The molecule has 1 nitrogen and oxygen atoms in total. The summed E-state index contributed by atoms with van der Waals surface area (Å²) in [5.41, 5.74) is 0.859. The molecule has 1 aromatic carbocycles. The molecule has 0 spiro atoms. The van der Waals surface area contributed by atoms with Crippen LogP contribution in [0.3, 0.4) is 0 Å². The molecule has 0 radical (unpaired) electrons. The van der Waals surface area contributed by atoms with Gasteiger partial charge in [-0.1, -0.05) is 42.8 Å². The molecule has 3 heteroatoms. The molecule has 1 aromatic rings. The average molecular weight is 225 g/mol. The average Bonchev–Trinajstić information content (AvgIpc) is 1.90. The van der Waals surface area contributed by atoms with Gasteiger partial charge in [0.1, 0.15) is 0 Å². The first kappa shape index (κ1) is 14.0. The van der Waals surface area contributed by atoms with E-state index in [1.165, 1.54) is 0 Å². The fraction of sp³-hybridized carbons (Fsp3) is 0.250. The zero-order valence-corrected chi connectivity index (χ0v) is 9.46. The summed E-state index contributed by atoms with van der Waals surface area (Å²) in [6, 6.07) is 9.36. The van der Waals surface area contributed by atoms with Gasteiger partial charge in [-0.3, -0.25) is 0 Å². The normalized spacial score (nSPS) is 10.7. The van der Waals surface area contributed by atoms with Gasteiger partial charge < -0.3 is 22.1 Å². The van der Waals surface area contributed by atoms with E-state index >= 15 is 0 Å². The molecule has 0 aliphatic rings. The van der Waals surface area contributed by atoms with Gasteiger partial charge in [-0.2, -0.15) is 0 Å². The van der Waals surface area contributed by atoms with Crippen molar-refractivity contribution >= 4 is 23.1 Å². The first-order chi connectivity index (χ1) is 4.30. The Morgan fingerprint density at radius 1 is 1.18 bits per heavy atom. The number of benzene rings is 1. The number of hydrogen-bond acceptors (Lipinski definition) is 1. The number of hydrogen-bond donors (Lipinski definition) is 0. The van der Waals surface area contributed by atoms with Crippen LogP contribution in [0.4, 0.5) is 0 Å². The molecule has 11 heavy (non-hydrogen) atoms. The number of halogens is 1. The Balaban J connectivity index is 0. The zero-order valence-electron chi connectivity index (χ0n) is 6.46. The van der Waals surface area contributed by atoms with E-state index in [9.17, 15) is 5.11 Å². The summed E-state index contributed by atoms with van der Waals surface area (Å²) in [7, 11) is 0. The van der Waals surface area contributed by atoms with Gasteiger partial charge >= 0.3 is 23.1 Å². The molecule has 0 amide bonds. The van der Waals surface area contributed by atoms with Crippen molar-refractivity contribution in [1.29, 1.82) is 0 Å². The quantitative estimate of drug-likeness (QED) is 0.494. The van der Waals surface area contributed by atoms with Gasteiger partial charge in [-0.25, -0.2) is 0 Å². The van der Waals surface area contributed by atoms with Crippen LogP contribution in [0, 0.1) is 0 Å². The summed E-state index contributed by atoms with van der Waals surface area (Å²) in [6.45, 7) is 1.65. The van der Waals surface area contributed by atoms with E-state index < -0.39 is 6.10 Å². The van der Waals surface area contributed by atoms with Crippen molar-refractivity contribution in [3.63, 3.8) is 0 Å². The summed E-state index contributed by atoms with van der Waals surface area (Å²) < 4.78 is 0.